The fourth-order valence-electron chi connectivity index (χ4n) is 5.29. The third-order valence-electron chi connectivity index (χ3n) is 7.31. The summed E-state index contributed by atoms with van der Waals surface area (Å²) in [5, 5.41) is 24.8. The van der Waals surface area contributed by atoms with Gasteiger partial charge >= 0.3 is 11.9 Å². The van der Waals surface area contributed by atoms with Crippen LogP contribution in [0.4, 0.5) is 5.95 Å². The number of hydrogen-bond donors (Lipinski definition) is 1. The highest BCUT2D eigenvalue weighted by Gasteiger charge is 2.38. The minimum Gasteiger partial charge on any atom is -0.478 e. The first-order valence-electron chi connectivity index (χ1n) is 12.7. The molecule has 0 radical (unpaired) electrons. The van der Waals surface area contributed by atoms with E-state index in [0.717, 1.165) is 33.0 Å². The van der Waals surface area contributed by atoms with Gasteiger partial charge in [0.25, 0.3) is 5.95 Å². The molecule has 1 aromatic heterocycles. The van der Waals surface area contributed by atoms with Crippen LogP contribution in [0.2, 0.25) is 0 Å². The molecule has 0 spiro atoms. The molecule has 4 aromatic carbocycles. The van der Waals surface area contributed by atoms with Gasteiger partial charge < -0.3 is 14.7 Å². The maximum absolute atomic E-state index is 12.7. The van der Waals surface area contributed by atoms with Gasteiger partial charge in [-0.3, -0.25) is 0 Å². The molecule has 0 bridgehead atoms. The third-order valence-corrected chi connectivity index (χ3v) is 7.31. The van der Waals surface area contributed by atoms with Crippen molar-refractivity contribution in [1.29, 1.82) is 0 Å². The molecule has 6 rings (SSSR count). The molecule has 1 N–H and O–H groups in total. The van der Waals surface area contributed by atoms with E-state index in [1.54, 1.807) is 23.7 Å². The number of aliphatic carboxylic acids is 1. The molecular formula is C31H25N5O4. The molecule has 1 aliphatic rings. The Morgan fingerprint density at radius 1 is 0.900 bits per heavy atom. The summed E-state index contributed by atoms with van der Waals surface area (Å²) in [5.74, 6) is -0.923. The van der Waals surface area contributed by atoms with E-state index < -0.39 is 12.0 Å². The zero-order valence-electron chi connectivity index (χ0n) is 21.9. The average Bonchev–Trinajstić information content (AvgIpc) is 3.47. The van der Waals surface area contributed by atoms with Gasteiger partial charge in [0.2, 0.25) is 0 Å². The number of allylic oxidation sites excluding steroid dienone is 1. The topological polar surface area (TPSA) is 110 Å². The van der Waals surface area contributed by atoms with Gasteiger partial charge in [-0.25, -0.2) is 9.59 Å². The van der Waals surface area contributed by atoms with Crippen molar-refractivity contribution in [2.45, 2.75) is 19.5 Å². The first kappa shape index (κ1) is 25.0. The Morgan fingerprint density at radius 2 is 1.57 bits per heavy atom. The maximum atomic E-state index is 12.7. The fraction of sp³-hybridized carbons (Fsp3) is 0.129. The van der Waals surface area contributed by atoms with E-state index in [9.17, 15) is 14.7 Å². The van der Waals surface area contributed by atoms with Gasteiger partial charge in [-0.05, 0) is 62.5 Å². The molecule has 9 nitrogen and oxygen atoms in total. The van der Waals surface area contributed by atoms with Gasteiger partial charge in [0.15, 0.2) is 0 Å². The summed E-state index contributed by atoms with van der Waals surface area (Å²) >= 11 is 0. The molecule has 5 aromatic rings. The number of rotatable bonds is 6. The van der Waals surface area contributed by atoms with Crippen molar-refractivity contribution in [3.63, 3.8) is 0 Å². The van der Waals surface area contributed by atoms with Crippen LogP contribution in [0.1, 0.15) is 34.5 Å². The van der Waals surface area contributed by atoms with E-state index in [-0.39, 0.29) is 11.5 Å². The second kappa shape index (κ2) is 10.1. The lowest BCUT2D eigenvalue weighted by Crippen LogP contribution is -2.36. The van der Waals surface area contributed by atoms with Crippen LogP contribution in [0, 0.1) is 0 Å². The van der Waals surface area contributed by atoms with Gasteiger partial charge in [-0.15, -0.1) is 0 Å². The number of aromatic nitrogens is 4. The maximum Gasteiger partial charge on any atom is 0.337 e. The summed E-state index contributed by atoms with van der Waals surface area (Å²) in [4.78, 5) is 26.3. The number of carbonyl (C=O) groups excluding carboxylic acids is 1. The normalized spacial score (nSPS) is 14.8. The van der Waals surface area contributed by atoms with E-state index in [0.29, 0.717) is 23.8 Å². The first-order valence-corrected chi connectivity index (χ1v) is 12.7. The SMILES string of the molecule is COC(=O)c1ccc(-c2ccc(CN3C(C)=C(C(=O)O)C(c4cccc5ccccc45)n4nnnc43)cc2)cc1. The summed E-state index contributed by atoms with van der Waals surface area (Å²) in [6.07, 6.45) is 0. The third kappa shape index (κ3) is 4.27. The summed E-state index contributed by atoms with van der Waals surface area (Å²) in [6, 6.07) is 28.2. The molecule has 0 amide bonds. The zero-order chi connectivity index (χ0) is 27.8. The number of nitrogens with zero attached hydrogens (tertiary/aromatic N) is 5. The van der Waals surface area contributed by atoms with E-state index in [1.807, 2.05) is 83.8 Å². The minimum absolute atomic E-state index is 0.221. The molecule has 1 aliphatic heterocycles. The van der Waals surface area contributed by atoms with E-state index in [1.165, 1.54) is 7.11 Å². The van der Waals surface area contributed by atoms with Gasteiger partial charge in [0.1, 0.15) is 6.04 Å². The van der Waals surface area contributed by atoms with Crippen LogP contribution in [0.5, 0.6) is 0 Å². The number of anilines is 1. The molecular weight excluding hydrogens is 506 g/mol. The lowest BCUT2D eigenvalue weighted by atomic mass is 9.91. The summed E-state index contributed by atoms with van der Waals surface area (Å²) in [6.45, 7) is 2.18. The number of fused-ring (bicyclic) bond motifs is 2. The van der Waals surface area contributed by atoms with Crippen molar-refractivity contribution < 1.29 is 19.4 Å². The fourth-order valence-corrected chi connectivity index (χ4v) is 5.29. The number of tetrazole rings is 1. The van der Waals surface area contributed by atoms with Crippen LogP contribution in [-0.2, 0) is 16.1 Å². The van der Waals surface area contributed by atoms with E-state index in [4.69, 9.17) is 4.74 Å². The van der Waals surface area contributed by atoms with Crippen LogP contribution >= 0.6 is 0 Å². The zero-order valence-corrected chi connectivity index (χ0v) is 21.9. The number of carbonyl (C=O) groups is 2. The predicted molar refractivity (Wildman–Crippen MR) is 150 cm³/mol. The van der Waals surface area contributed by atoms with Crippen molar-refractivity contribution >= 4 is 28.7 Å². The molecule has 40 heavy (non-hydrogen) atoms. The number of ether oxygens (including phenoxy) is 1. The Balaban J connectivity index is 1.35. The van der Waals surface area contributed by atoms with E-state index >= 15 is 0 Å². The lowest BCUT2D eigenvalue weighted by Gasteiger charge is -2.34. The molecule has 0 saturated heterocycles. The average molecular weight is 532 g/mol. The minimum atomic E-state index is -1.02. The highest BCUT2D eigenvalue weighted by atomic mass is 16.5. The Kier molecular flexibility index (Phi) is 6.31. The molecule has 2 heterocycles. The van der Waals surface area contributed by atoms with Crippen LogP contribution in [0.15, 0.2) is 102 Å². The Morgan fingerprint density at radius 3 is 2.27 bits per heavy atom. The monoisotopic (exact) mass is 531 g/mol. The highest BCUT2D eigenvalue weighted by molar-refractivity contribution is 5.94. The van der Waals surface area contributed by atoms with Crippen molar-refractivity contribution in [2.75, 3.05) is 12.0 Å². The van der Waals surface area contributed by atoms with Crippen molar-refractivity contribution in [2.24, 2.45) is 0 Å². The van der Waals surface area contributed by atoms with Crippen molar-refractivity contribution in [1.82, 2.24) is 20.2 Å². The van der Waals surface area contributed by atoms with Crippen molar-refractivity contribution in [3.05, 3.63) is 119 Å². The highest BCUT2D eigenvalue weighted by Crippen LogP contribution is 2.40. The largest absolute Gasteiger partial charge is 0.478 e. The van der Waals surface area contributed by atoms with Gasteiger partial charge in [-0.1, -0.05) is 84.0 Å². The molecule has 9 heteroatoms. The van der Waals surface area contributed by atoms with Gasteiger partial charge in [0, 0.05) is 5.70 Å². The Hall–Kier alpha value is -5.31. The molecule has 1 unspecified atom stereocenters. The summed E-state index contributed by atoms with van der Waals surface area (Å²) in [5.41, 5.74) is 5.02. The Labute approximate surface area is 229 Å². The molecule has 198 valence electrons. The number of carboxylic acid groups (broad SMARTS) is 1. The smallest absolute Gasteiger partial charge is 0.337 e. The summed E-state index contributed by atoms with van der Waals surface area (Å²) in [7, 11) is 1.36. The molecule has 0 aliphatic carbocycles. The second-order valence-corrected chi connectivity index (χ2v) is 9.55. The predicted octanol–water partition coefficient (Wildman–Crippen LogP) is 5.25. The van der Waals surface area contributed by atoms with Crippen LogP contribution in [-0.4, -0.2) is 44.4 Å². The first-order chi connectivity index (χ1) is 19.5. The number of methoxy groups -OCH3 is 1. The lowest BCUT2D eigenvalue weighted by molar-refractivity contribution is -0.133. The number of carboxylic acids is 1. The van der Waals surface area contributed by atoms with Crippen LogP contribution in [0.25, 0.3) is 21.9 Å². The van der Waals surface area contributed by atoms with Crippen LogP contribution in [0.3, 0.4) is 0 Å². The second-order valence-electron chi connectivity index (χ2n) is 9.55. The quantitative estimate of drug-likeness (QED) is 0.296. The van der Waals surface area contributed by atoms with Crippen LogP contribution < -0.4 is 4.90 Å². The van der Waals surface area contributed by atoms with E-state index in [2.05, 4.69) is 15.5 Å². The molecule has 0 saturated carbocycles. The van der Waals surface area contributed by atoms with Gasteiger partial charge in [0.05, 0.1) is 24.8 Å². The molecule has 0 fully saturated rings. The number of esters is 1. The number of hydrogen-bond acceptors (Lipinski definition) is 7. The summed E-state index contributed by atoms with van der Waals surface area (Å²) < 4.78 is 6.36. The number of benzene rings is 4. The Bertz CT molecular complexity index is 1770. The standard InChI is InChI=1S/C31H25N5O4/c1-19-27(29(37)38)28(26-9-5-7-23-6-3-4-8-25(23)26)36-31(32-33-34-36)35(19)18-20-10-12-21(13-11-20)22-14-16-24(17-15-22)30(39)40-2/h3-17,28H,18H2,1-2H3,(H,37,38). The molecule has 1 atom stereocenters. The van der Waals surface area contributed by atoms with Crippen molar-refractivity contribution in [3.8, 4) is 11.1 Å². The van der Waals surface area contributed by atoms with Gasteiger partial charge in [-0.2, -0.15) is 4.68 Å².